The maximum absolute atomic E-state index is 12.8. The molecule has 0 aliphatic rings. The molecule has 4 aromatic rings. The summed E-state index contributed by atoms with van der Waals surface area (Å²) in [6.07, 6.45) is 0.289. The van der Waals surface area contributed by atoms with E-state index in [1.54, 1.807) is 25.3 Å². The molecule has 2 aromatic carbocycles. The number of ether oxygens (including phenoxy) is 1. The Labute approximate surface area is 224 Å². The van der Waals surface area contributed by atoms with E-state index < -0.39 is 11.9 Å². The highest BCUT2D eigenvalue weighted by atomic mass is 19.4. The highest BCUT2D eigenvalue weighted by Crippen LogP contribution is 2.31. The molecule has 1 N–H and O–H groups in total. The number of esters is 1. The number of nitrogens with zero attached hydrogens (tertiary/aromatic N) is 3. The van der Waals surface area contributed by atoms with Crippen molar-refractivity contribution in [2.45, 2.75) is 45.3 Å². The van der Waals surface area contributed by atoms with Crippen LogP contribution in [0.25, 0.3) is 22.0 Å². The Morgan fingerprint density at radius 2 is 1.74 bits per heavy atom. The summed E-state index contributed by atoms with van der Waals surface area (Å²) in [4.78, 5) is 27.6. The van der Waals surface area contributed by atoms with Gasteiger partial charge in [0.2, 0.25) is 0 Å². The summed E-state index contributed by atoms with van der Waals surface area (Å²) in [5.41, 5.74) is 2.78. The number of halogens is 3. The third-order valence-corrected chi connectivity index (χ3v) is 6.32. The second-order valence-corrected chi connectivity index (χ2v) is 9.03. The molecule has 0 spiro atoms. The number of alkyl halides is 3. The fourth-order valence-corrected chi connectivity index (χ4v) is 4.39. The van der Waals surface area contributed by atoms with Crippen LogP contribution in [0.3, 0.4) is 0 Å². The maximum atomic E-state index is 12.8. The van der Waals surface area contributed by atoms with Crippen molar-refractivity contribution in [1.82, 2.24) is 20.1 Å². The molecular weight excluding hydrogens is 509 g/mol. The van der Waals surface area contributed by atoms with Crippen LogP contribution in [0.2, 0.25) is 0 Å². The molecule has 7 nitrogen and oxygen atoms in total. The summed E-state index contributed by atoms with van der Waals surface area (Å²) >= 11 is 0. The van der Waals surface area contributed by atoms with Gasteiger partial charge in [-0.15, -0.1) is 0 Å². The zero-order valence-corrected chi connectivity index (χ0v) is 21.7. The number of carbonyl (C=O) groups is 2. The van der Waals surface area contributed by atoms with Crippen molar-refractivity contribution in [3.8, 4) is 11.1 Å². The van der Waals surface area contributed by atoms with E-state index in [2.05, 4.69) is 22.3 Å². The topological polar surface area (TPSA) is 86.1 Å². The van der Waals surface area contributed by atoms with Crippen molar-refractivity contribution in [2.75, 3.05) is 13.2 Å². The molecule has 10 heteroatoms. The summed E-state index contributed by atoms with van der Waals surface area (Å²) in [6, 6.07) is 15.3. The van der Waals surface area contributed by atoms with Crippen LogP contribution in [0.5, 0.6) is 0 Å². The van der Waals surface area contributed by atoms with Gasteiger partial charge in [0.1, 0.15) is 5.69 Å². The molecule has 0 saturated heterocycles. The van der Waals surface area contributed by atoms with E-state index in [-0.39, 0.29) is 30.9 Å². The summed E-state index contributed by atoms with van der Waals surface area (Å²) in [6.45, 7) is 4.30. The lowest BCUT2D eigenvalue weighted by Crippen LogP contribution is -2.26. The Morgan fingerprint density at radius 3 is 2.38 bits per heavy atom. The lowest BCUT2D eigenvalue weighted by Gasteiger charge is -2.19. The smallest absolute Gasteiger partial charge is 0.433 e. The van der Waals surface area contributed by atoms with Crippen LogP contribution < -0.4 is 5.32 Å². The molecule has 0 aliphatic carbocycles. The number of carbonyl (C=O) groups excluding carboxylic acids is 2. The first-order chi connectivity index (χ1) is 18.7. The largest absolute Gasteiger partial charge is 0.466 e. The van der Waals surface area contributed by atoms with Crippen LogP contribution in [0, 0.1) is 0 Å². The molecule has 1 amide bonds. The van der Waals surface area contributed by atoms with Gasteiger partial charge in [-0.05, 0) is 48.7 Å². The first-order valence-electron chi connectivity index (χ1n) is 12.8. The molecular formula is C29H29F3N4O3. The van der Waals surface area contributed by atoms with Gasteiger partial charge < -0.3 is 10.1 Å². The summed E-state index contributed by atoms with van der Waals surface area (Å²) in [5.74, 6) is -0.645. The third kappa shape index (κ3) is 6.63. The van der Waals surface area contributed by atoms with Crippen LogP contribution in [0.1, 0.15) is 60.8 Å². The molecule has 0 fully saturated rings. The Morgan fingerprint density at radius 1 is 1.00 bits per heavy atom. The molecule has 1 atom stereocenters. The van der Waals surface area contributed by atoms with Gasteiger partial charge in [0.25, 0.3) is 5.91 Å². The third-order valence-electron chi connectivity index (χ3n) is 6.32. The predicted molar refractivity (Wildman–Crippen MR) is 141 cm³/mol. The van der Waals surface area contributed by atoms with Gasteiger partial charge in [0, 0.05) is 29.3 Å². The van der Waals surface area contributed by atoms with E-state index in [4.69, 9.17) is 4.74 Å². The Hall–Kier alpha value is -4.21. The number of pyridine rings is 1. The lowest BCUT2D eigenvalue weighted by atomic mass is 9.98. The average molecular weight is 539 g/mol. The molecule has 204 valence electrons. The van der Waals surface area contributed by atoms with Gasteiger partial charge >= 0.3 is 12.1 Å². The van der Waals surface area contributed by atoms with Crippen LogP contribution in [-0.4, -0.2) is 39.8 Å². The fraction of sp³-hybridized carbons (Fsp3) is 0.310. The van der Waals surface area contributed by atoms with Crippen LogP contribution in [-0.2, 0) is 15.7 Å². The van der Waals surface area contributed by atoms with E-state index in [1.807, 2.05) is 35.0 Å². The molecule has 2 aromatic heterocycles. The highest BCUT2D eigenvalue weighted by Gasteiger charge is 2.32. The first kappa shape index (κ1) is 27.8. The van der Waals surface area contributed by atoms with Gasteiger partial charge in [0.15, 0.2) is 0 Å². The van der Waals surface area contributed by atoms with Crippen molar-refractivity contribution in [3.63, 3.8) is 0 Å². The van der Waals surface area contributed by atoms with E-state index in [9.17, 15) is 22.8 Å². The molecule has 1 unspecified atom stereocenters. The monoisotopic (exact) mass is 538 g/mol. The summed E-state index contributed by atoms with van der Waals surface area (Å²) in [5, 5.41) is 8.16. The van der Waals surface area contributed by atoms with Gasteiger partial charge in [-0.1, -0.05) is 43.7 Å². The van der Waals surface area contributed by atoms with Crippen molar-refractivity contribution in [3.05, 3.63) is 83.8 Å². The zero-order valence-electron chi connectivity index (χ0n) is 21.7. The standard InChI is InChI=1S/C29H29F3N4O3/c1-3-5-24(20-8-6-19(7-9-20)22-11-13-26(34-17-22)29(30,31)32)36-25-12-10-21(16-23(25)18-35-36)28(38)33-15-14-27(37)39-4-2/h6-13,16-18,24H,3-5,14-15H2,1-2H3,(H,33,38). The molecule has 0 bridgehead atoms. The quantitative estimate of drug-likeness (QED) is 0.243. The second-order valence-electron chi connectivity index (χ2n) is 9.03. The molecule has 0 saturated carbocycles. The zero-order chi connectivity index (χ0) is 28.0. The van der Waals surface area contributed by atoms with Crippen molar-refractivity contribution >= 4 is 22.8 Å². The van der Waals surface area contributed by atoms with Crippen molar-refractivity contribution in [1.29, 1.82) is 0 Å². The predicted octanol–water partition coefficient (Wildman–Crippen LogP) is 6.19. The number of amides is 1. The van der Waals surface area contributed by atoms with E-state index in [0.717, 1.165) is 40.9 Å². The lowest BCUT2D eigenvalue weighted by molar-refractivity contribution is -0.143. The SMILES string of the molecule is CCCC(c1ccc(-c2ccc(C(F)(F)F)nc2)cc1)n1ncc2cc(C(=O)NCCC(=O)OCC)ccc21. The molecule has 2 heterocycles. The van der Waals surface area contributed by atoms with Crippen LogP contribution >= 0.6 is 0 Å². The fourth-order valence-electron chi connectivity index (χ4n) is 4.39. The minimum atomic E-state index is -4.48. The molecule has 0 radical (unpaired) electrons. The number of hydrogen-bond acceptors (Lipinski definition) is 5. The number of rotatable bonds is 10. The first-order valence-corrected chi connectivity index (χ1v) is 12.8. The maximum Gasteiger partial charge on any atom is 0.433 e. The number of aromatic nitrogens is 3. The van der Waals surface area contributed by atoms with Crippen LogP contribution in [0.15, 0.2) is 67.0 Å². The van der Waals surface area contributed by atoms with Crippen molar-refractivity contribution in [2.24, 2.45) is 0 Å². The number of nitrogens with one attached hydrogen (secondary N) is 1. The molecule has 4 rings (SSSR count). The Kier molecular flexibility index (Phi) is 8.63. The van der Waals surface area contributed by atoms with Gasteiger partial charge in [-0.25, -0.2) is 0 Å². The van der Waals surface area contributed by atoms with E-state index >= 15 is 0 Å². The molecule has 0 aliphatic heterocycles. The number of hydrogen-bond donors (Lipinski definition) is 1. The van der Waals surface area contributed by atoms with Crippen molar-refractivity contribution < 1.29 is 27.5 Å². The van der Waals surface area contributed by atoms with Crippen LogP contribution in [0.4, 0.5) is 13.2 Å². The summed E-state index contributed by atoms with van der Waals surface area (Å²) in [7, 11) is 0. The normalized spacial score (nSPS) is 12.3. The highest BCUT2D eigenvalue weighted by molar-refractivity contribution is 5.98. The average Bonchev–Trinajstić information content (AvgIpc) is 3.34. The number of fused-ring (bicyclic) bond motifs is 1. The second kappa shape index (κ2) is 12.1. The van der Waals surface area contributed by atoms with Gasteiger partial charge in [0.05, 0.1) is 30.8 Å². The number of benzene rings is 2. The molecule has 39 heavy (non-hydrogen) atoms. The Bertz CT molecular complexity index is 1430. The Balaban J connectivity index is 1.52. The summed E-state index contributed by atoms with van der Waals surface area (Å²) < 4.78 is 45.3. The van der Waals surface area contributed by atoms with E-state index in [1.165, 1.54) is 12.3 Å². The van der Waals surface area contributed by atoms with E-state index in [0.29, 0.717) is 17.7 Å². The minimum Gasteiger partial charge on any atom is -0.466 e. The van der Waals surface area contributed by atoms with Gasteiger partial charge in [-0.2, -0.15) is 18.3 Å². The minimum absolute atomic E-state index is 0.0727. The van der Waals surface area contributed by atoms with Gasteiger partial charge in [-0.3, -0.25) is 19.3 Å².